The summed E-state index contributed by atoms with van der Waals surface area (Å²) in [6.07, 6.45) is 0.619. The van der Waals surface area contributed by atoms with Gasteiger partial charge in [0.1, 0.15) is 0 Å². The summed E-state index contributed by atoms with van der Waals surface area (Å²) in [5, 5.41) is 11.2. The van der Waals surface area contributed by atoms with Gasteiger partial charge in [-0.15, -0.1) is 0 Å². The molecular weight excluding hydrogens is 152 g/mol. The van der Waals surface area contributed by atoms with Crippen molar-refractivity contribution in [3.8, 4) is 6.07 Å². The summed E-state index contributed by atoms with van der Waals surface area (Å²) >= 11 is 0. The maximum Gasteiger partial charge on any atom is 0.207 e. The van der Waals surface area contributed by atoms with Crippen molar-refractivity contribution in [3.63, 3.8) is 0 Å². The van der Waals surface area contributed by atoms with Gasteiger partial charge in [0.15, 0.2) is 0 Å². The van der Waals surface area contributed by atoms with E-state index in [-0.39, 0.29) is 0 Å². The monoisotopic (exact) mass is 160 g/mol. The molecule has 0 radical (unpaired) electrons. The Bertz CT molecular complexity index is 315. The van der Waals surface area contributed by atoms with Crippen molar-refractivity contribution in [1.29, 1.82) is 5.26 Å². The van der Waals surface area contributed by atoms with Crippen LogP contribution in [-0.2, 0) is 11.3 Å². The fourth-order valence-electron chi connectivity index (χ4n) is 0.935. The minimum absolute atomic E-state index is 0.410. The highest BCUT2D eigenvalue weighted by Crippen LogP contribution is 2.05. The van der Waals surface area contributed by atoms with E-state index in [0.29, 0.717) is 18.5 Å². The van der Waals surface area contributed by atoms with E-state index in [2.05, 4.69) is 5.32 Å². The molecule has 12 heavy (non-hydrogen) atoms. The summed E-state index contributed by atoms with van der Waals surface area (Å²) in [7, 11) is 0. The number of rotatable bonds is 3. The molecule has 0 saturated heterocycles. The smallest absolute Gasteiger partial charge is 0.207 e. The van der Waals surface area contributed by atoms with Gasteiger partial charge in [-0.1, -0.05) is 18.2 Å². The number of benzene rings is 1. The van der Waals surface area contributed by atoms with Gasteiger partial charge in [0.05, 0.1) is 11.6 Å². The van der Waals surface area contributed by atoms with Crippen LogP contribution in [0.4, 0.5) is 0 Å². The molecule has 0 bridgehead atoms. The lowest BCUT2D eigenvalue weighted by Crippen LogP contribution is -2.10. The number of nitrogens with zero attached hydrogens (tertiary/aromatic N) is 1. The first-order valence-electron chi connectivity index (χ1n) is 3.53. The molecule has 1 aromatic rings. The lowest BCUT2D eigenvalue weighted by Gasteiger charge is -2.00. The summed E-state index contributed by atoms with van der Waals surface area (Å²) in [5.74, 6) is 0. The topological polar surface area (TPSA) is 52.9 Å². The predicted molar refractivity (Wildman–Crippen MR) is 44.1 cm³/mol. The Labute approximate surface area is 70.6 Å². The largest absolute Gasteiger partial charge is 0.355 e. The van der Waals surface area contributed by atoms with Gasteiger partial charge in [-0.2, -0.15) is 5.26 Å². The van der Waals surface area contributed by atoms with Crippen molar-refractivity contribution in [1.82, 2.24) is 5.32 Å². The maximum atomic E-state index is 9.98. The van der Waals surface area contributed by atoms with Gasteiger partial charge < -0.3 is 5.32 Å². The van der Waals surface area contributed by atoms with E-state index >= 15 is 0 Å². The molecular formula is C9H8N2O. The third-order valence-electron chi connectivity index (χ3n) is 1.51. The van der Waals surface area contributed by atoms with E-state index in [4.69, 9.17) is 5.26 Å². The van der Waals surface area contributed by atoms with Crippen LogP contribution in [0.3, 0.4) is 0 Å². The Morgan fingerprint density at radius 3 is 2.92 bits per heavy atom. The minimum Gasteiger partial charge on any atom is -0.355 e. The first-order chi connectivity index (χ1) is 5.88. The van der Waals surface area contributed by atoms with Crippen LogP contribution in [0.25, 0.3) is 0 Å². The molecule has 0 heterocycles. The molecule has 1 N–H and O–H groups in total. The highest BCUT2D eigenvalue weighted by atomic mass is 16.1. The van der Waals surface area contributed by atoms with Gasteiger partial charge >= 0.3 is 0 Å². The first-order valence-corrected chi connectivity index (χ1v) is 3.53. The summed E-state index contributed by atoms with van der Waals surface area (Å²) in [6, 6.07) is 9.22. The highest BCUT2D eigenvalue weighted by Gasteiger charge is 1.97. The normalized spacial score (nSPS) is 8.58. The van der Waals surface area contributed by atoms with E-state index in [1.54, 1.807) is 12.1 Å². The van der Waals surface area contributed by atoms with E-state index in [9.17, 15) is 4.79 Å². The van der Waals surface area contributed by atoms with Crippen molar-refractivity contribution in [3.05, 3.63) is 35.4 Å². The van der Waals surface area contributed by atoms with E-state index in [0.717, 1.165) is 5.56 Å². The summed E-state index contributed by atoms with van der Waals surface area (Å²) in [5.41, 5.74) is 1.44. The van der Waals surface area contributed by atoms with Gasteiger partial charge in [-0.25, -0.2) is 0 Å². The standard InChI is InChI=1S/C9H8N2O/c10-5-8-3-1-2-4-9(8)6-11-7-12/h1-4,7H,6H2,(H,11,12). The number of carbonyl (C=O) groups is 1. The number of nitrogens with one attached hydrogen (secondary N) is 1. The SMILES string of the molecule is N#Cc1ccccc1CNC=O. The molecule has 3 heteroatoms. The number of hydrogen-bond acceptors (Lipinski definition) is 2. The Morgan fingerprint density at radius 2 is 2.25 bits per heavy atom. The van der Waals surface area contributed by atoms with E-state index in [1.165, 1.54) is 0 Å². The van der Waals surface area contributed by atoms with Crippen molar-refractivity contribution in [2.75, 3.05) is 0 Å². The van der Waals surface area contributed by atoms with Gasteiger partial charge in [0.2, 0.25) is 6.41 Å². The lowest BCUT2D eigenvalue weighted by atomic mass is 10.1. The average molecular weight is 160 g/mol. The van der Waals surface area contributed by atoms with Crippen LogP contribution in [0.2, 0.25) is 0 Å². The van der Waals surface area contributed by atoms with Crippen molar-refractivity contribution >= 4 is 6.41 Å². The number of hydrogen-bond donors (Lipinski definition) is 1. The van der Waals surface area contributed by atoms with Crippen LogP contribution in [-0.4, -0.2) is 6.41 Å². The molecule has 0 aromatic heterocycles. The van der Waals surface area contributed by atoms with Crippen molar-refractivity contribution in [2.24, 2.45) is 0 Å². The molecule has 0 aliphatic rings. The second kappa shape index (κ2) is 4.14. The van der Waals surface area contributed by atoms with Crippen LogP contribution in [0.5, 0.6) is 0 Å². The predicted octanol–water partition coefficient (Wildman–Crippen LogP) is 0.804. The molecule has 0 unspecified atom stereocenters. The third-order valence-corrected chi connectivity index (χ3v) is 1.51. The maximum absolute atomic E-state index is 9.98. The van der Waals surface area contributed by atoms with Gasteiger partial charge in [-0.3, -0.25) is 4.79 Å². The summed E-state index contributed by atoms with van der Waals surface area (Å²) in [6.45, 7) is 0.410. The Morgan fingerprint density at radius 1 is 1.50 bits per heavy atom. The molecule has 0 spiro atoms. The minimum atomic E-state index is 0.410. The molecule has 0 atom stereocenters. The molecule has 0 aliphatic heterocycles. The lowest BCUT2D eigenvalue weighted by molar-refractivity contribution is -0.109. The first kappa shape index (κ1) is 8.28. The fraction of sp³-hybridized carbons (Fsp3) is 0.111. The van der Waals surface area contributed by atoms with E-state index in [1.807, 2.05) is 18.2 Å². The van der Waals surface area contributed by atoms with Crippen molar-refractivity contribution < 1.29 is 4.79 Å². The van der Waals surface area contributed by atoms with E-state index < -0.39 is 0 Å². The summed E-state index contributed by atoms with van der Waals surface area (Å²) < 4.78 is 0. The third kappa shape index (κ3) is 1.83. The second-order valence-corrected chi connectivity index (χ2v) is 2.27. The Kier molecular flexibility index (Phi) is 2.86. The van der Waals surface area contributed by atoms with Crippen LogP contribution >= 0.6 is 0 Å². The molecule has 1 amide bonds. The molecule has 1 aromatic carbocycles. The Balaban J connectivity index is 2.83. The molecule has 1 rings (SSSR count). The zero-order chi connectivity index (χ0) is 8.81. The highest BCUT2D eigenvalue weighted by molar-refractivity contribution is 5.47. The Hall–Kier alpha value is -1.82. The molecule has 0 saturated carbocycles. The zero-order valence-corrected chi connectivity index (χ0v) is 6.45. The van der Waals surface area contributed by atoms with Crippen molar-refractivity contribution in [2.45, 2.75) is 6.54 Å². The summed E-state index contributed by atoms with van der Waals surface area (Å²) in [4.78, 5) is 9.98. The molecule has 0 fully saturated rings. The zero-order valence-electron chi connectivity index (χ0n) is 6.45. The van der Waals surface area contributed by atoms with Crippen LogP contribution in [0.1, 0.15) is 11.1 Å². The van der Waals surface area contributed by atoms with Crippen LogP contribution < -0.4 is 5.32 Å². The van der Waals surface area contributed by atoms with Gasteiger partial charge in [0.25, 0.3) is 0 Å². The number of carbonyl (C=O) groups excluding carboxylic acids is 1. The van der Waals surface area contributed by atoms with Crippen LogP contribution in [0, 0.1) is 11.3 Å². The van der Waals surface area contributed by atoms with Gasteiger partial charge in [0, 0.05) is 6.54 Å². The van der Waals surface area contributed by atoms with Crippen LogP contribution in [0.15, 0.2) is 24.3 Å². The number of amides is 1. The molecule has 0 aliphatic carbocycles. The second-order valence-electron chi connectivity index (χ2n) is 2.27. The number of nitriles is 1. The quantitative estimate of drug-likeness (QED) is 0.665. The molecule has 3 nitrogen and oxygen atoms in total. The fourth-order valence-corrected chi connectivity index (χ4v) is 0.935. The molecule has 60 valence electrons. The van der Waals surface area contributed by atoms with Gasteiger partial charge in [-0.05, 0) is 11.6 Å². The average Bonchev–Trinajstić information content (AvgIpc) is 2.15.